The third-order valence-corrected chi connectivity index (χ3v) is 2.14. The van der Waals surface area contributed by atoms with Crippen molar-refractivity contribution in [3.05, 3.63) is 54.1 Å². The van der Waals surface area contributed by atoms with Crippen molar-refractivity contribution >= 4 is 0 Å². The summed E-state index contributed by atoms with van der Waals surface area (Å²) in [4.78, 5) is 4.25. The molecule has 0 saturated carbocycles. The second kappa shape index (κ2) is 3.44. The van der Waals surface area contributed by atoms with E-state index < -0.39 is 0 Å². The number of aryl methyl sites for hydroxylation is 1. The van der Waals surface area contributed by atoms with Crippen LogP contribution >= 0.6 is 0 Å². The summed E-state index contributed by atoms with van der Waals surface area (Å²) in [7, 11) is 0. The molecular formula is C11H12N2. The number of pyridine rings is 1. The second-order valence-corrected chi connectivity index (χ2v) is 3.10. The van der Waals surface area contributed by atoms with E-state index in [2.05, 4.69) is 28.0 Å². The summed E-state index contributed by atoms with van der Waals surface area (Å²) >= 11 is 0. The lowest BCUT2D eigenvalue weighted by atomic mass is 10.2. The van der Waals surface area contributed by atoms with Gasteiger partial charge in [-0.3, -0.25) is 4.98 Å². The molecule has 2 rings (SSSR count). The third-order valence-electron chi connectivity index (χ3n) is 2.14. The molecule has 2 heterocycles. The summed E-state index contributed by atoms with van der Waals surface area (Å²) in [6, 6.07) is 8.16. The van der Waals surface area contributed by atoms with Crippen LogP contribution < -0.4 is 0 Å². The number of aromatic nitrogens is 2. The maximum absolute atomic E-state index is 4.25. The number of nitrogens with zero attached hydrogens (tertiary/aromatic N) is 2. The van der Waals surface area contributed by atoms with Crippen molar-refractivity contribution in [1.82, 2.24) is 9.55 Å². The second-order valence-electron chi connectivity index (χ2n) is 3.10. The van der Waals surface area contributed by atoms with E-state index in [0.717, 1.165) is 12.2 Å². The summed E-state index contributed by atoms with van der Waals surface area (Å²) in [5, 5.41) is 0. The van der Waals surface area contributed by atoms with Gasteiger partial charge in [0.2, 0.25) is 0 Å². The van der Waals surface area contributed by atoms with Crippen molar-refractivity contribution in [1.29, 1.82) is 0 Å². The molecule has 66 valence electrons. The lowest BCUT2D eigenvalue weighted by molar-refractivity contribution is 0.794. The average molecular weight is 172 g/mol. The van der Waals surface area contributed by atoms with Crippen molar-refractivity contribution in [3.8, 4) is 0 Å². The monoisotopic (exact) mass is 172 g/mol. The van der Waals surface area contributed by atoms with Gasteiger partial charge in [0.05, 0.1) is 0 Å². The Morgan fingerprint density at radius 3 is 2.69 bits per heavy atom. The van der Waals surface area contributed by atoms with Gasteiger partial charge in [-0.1, -0.05) is 6.07 Å². The van der Waals surface area contributed by atoms with Crippen LogP contribution in [0.5, 0.6) is 0 Å². The first-order chi connectivity index (χ1) is 6.36. The molecule has 0 aliphatic rings. The molecule has 2 aromatic rings. The van der Waals surface area contributed by atoms with Gasteiger partial charge in [-0.25, -0.2) is 0 Å². The maximum atomic E-state index is 4.25. The molecule has 0 aliphatic carbocycles. The zero-order chi connectivity index (χ0) is 9.10. The minimum absolute atomic E-state index is 0.909. The van der Waals surface area contributed by atoms with Gasteiger partial charge in [0.25, 0.3) is 0 Å². The highest BCUT2D eigenvalue weighted by Crippen LogP contribution is 2.06. The fourth-order valence-corrected chi connectivity index (χ4v) is 1.36. The van der Waals surface area contributed by atoms with E-state index in [1.165, 1.54) is 5.56 Å². The van der Waals surface area contributed by atoms with Crippen LogP contribution in [0.15, 0.2) is 42.9 Å². The van der Waals surface area contributed by atoms with Crippen molar-refractivity contribution in [2.45, 2.75) is 13.5 Å². The molecule has 2 aromatic heterocycles. The summed E-state index contributed by atoms with van der Waals surface area (Å²) in [6.45, 7) is 2.95. The minimum Gasteiger partial charge on any atom is -0.350 e. The van der Waals surface area contributed by atoms with Crippen molar-refractivity contribution in [2.75, 3.05) is 0 Å². The van der Waals surface area contributed by atoms with Crippen LogP contribution in [0.3, 0.4) is 0 Å². The summed E-state index contributed by atoms with van der Waals surface area (Å²) in [5.74, 6) is 0. The first-order valence-electron chi connectivity index (χ1n) is 4.37. The number of hydrogen-bond donors (Lipinski definition) is 0. The highest BCUT2D eigenvalue weighted by Gasteiger charge is 1.97. The smallest absolute Gasteiger partial charge is 0.0488 e. The van der Waals surface area contributed by atoms with Gasteiger partial charge >= 0.3 is 0 Å². The molecule has 0 bridgehead atoms. The van der Waals surface area contributed by atoms with Crippen molar-refractivity contribution in [3.63, 3.8) is 0 Å². The average Bonchev–Trinajstić information content (AvgIpc) is 2.61. The third kappa shape index (κ3) is 1.78. The largest absolute Gasteiger partial charge is 0.350 e. The van der Waals surface area contributed by atoms with E-state index in [0.29, 0.717) is 0 Å². The van der Waals surface area contributed by atoms with Gasteiger partial charge < -0.3 is 4.57 Å². The first-order valence-corrected chi connectivity index (χ1v) is 4.37. The SMILES string of the molecule is Cc1ncccc1Cn1cccc1. The number of hydrogen-bond acceptors (Lipinski definition) is 1. The molecule has 13 heavy (non-hydrogen) atoms. The van der Waals surface area contributed by atoms with Crippen LogP contribution in [0.4, 0.5) is 0 Å². The molecule has 0 N–H and O–H groups in total. The fraction of sp³-hybridized carbons (Fsp3) is 0.182. The fourth-order valence-electron chi connectivity index (χ4n) is 1.36. The van der Waals surface area contributed by atoms with Crippen LogP contribution in [0.25, 0.3) is 0 Å². The first kappa shape index (κ1) is 8.05. The summed E-state index contributed by atoms with van der Waals surface area (Å²) in [6.07, 6.45) is 5.95. The highest BCUT2D eigenvalue weighted by molar-refractivity contribution is 5.18. The zero-order valence-electron chi connectivity index (χ0n) is 7.64. The van der Waals surface area contributed by atoms with Crippen molar-refractivity contribution < 1.29 is 0 Å². The predicted molar refractivity (Wildman–Crippen MR) is 52.5 cm³/mol. The predicted octanol–water partition coefficient (Wildman–Crippen LogP) is 2.24. The van der Waals surface area contributed by atoms with Crippen molar-refractivity contribution in [2.24, 2.45) is 0 Å². The van der Waals surface area contributed by atoms with Gasteiger partial charge in [-0.2, -0.15) is 0 Å². The summed E-state index contributed by atoms with van der Waals surface area (Å²) < 4.78 is 2.14. The Hall–Kier alpha value is -1.57. The van der Waals surface area contributed by atoms with E-state index in [-0.39, 0.29) is 0 Å². The van der Waals surface area contributed by atoms with Gasteiger partial charge in [0.1, 0.15) is 0 Å². The molecule has 2 heteroatoms. The van der Waals surface area contributed by atoms with E-state index >= 15 is 0 Å². The minimum atomic E-state index is 0.909. The molecule has 0 aliphatic heterocycles. The molecule has 0 saturated heterocycles. The molecular weight excluding hydrogens is 160 g/mol. The Labute approximate surface area is 77.9 Å². The lowest BCUT2D eigenvalue weighted by Gasteiger charge is -2.05. The molecule has 0 amide bonds. The molecule has 0 unspecified atom stereocenters. The van der Waals surface area contributed by atoms with Crippen LogP contribution in [-0.2, 0) is 6.54 Å². The molecule has 0 aromatic carbocycles. The van der Waals surface area contributed by atoms with Crippen LogP contribution in [0.1, 0.15) is 11.3 Å². The topological polar surface area (TPSA) is 17.8 Å². The normalized spacial score (nSPS) is 10.2. The molecule has 0 radical (unpaired) electrons. The molecule has 0 spiro atoms. The Kier molecular flexibility index (Phi) is 2.13. The van der Waals surface area contributed by atoms with Gasteiger partial charge in [0.15, 0.2) is 0 Å². The van der Waals surface area contributed by atoms with E-state index in [4.69, 9.17) is 0 Å². The Bertz CT molecular complexity index is 377. The Balaban J connectivity index is 2.24. The summed E-state index contributed by atoms with van der Waals surface area (Å²) in [5.41, 5.74) is 2.38. The highest BCUT2D eigenvalue weighted by atomic mass is 14.9. The van der Waals surface area contributed by atoms with E-state index in [1.54, 1.807) is 0 Å². The zero-order valence-corrected chi connectivity index (χ0v) is 7.64. The Morgan fingerprint density at radius 1 is 1.23 bits per heavy atom. The van der Waals surface area contributed by atoms with Crippen LogP contribution in [0, 0.1) is 6.92 Å². The van der Waals surface area contributed by atoms with E-state index in [1.807, 2.05) is 31.3 Å². The standard InChI is InChI=1S/C11H12N2/c1-10-11(5-4-6-12-10)9-13-7-2-3-8-13/h2-8H,9H2,1H3. The molecule has 0 fully saturated rings. The van der Waals surface area contributed by atoms with Crippen LogP contribution in [-0.4, -0.2) is 9.55 Å². The Morgan fingerprint density at radius 2 is 2.00 bits per heavy atom. The molecule has 2 nitrogen and oxygen atoms in total. The van der Waals surface area contributed by atoms with Crippen LogP contribution in [0.2, 0.25) is 0 Å². The number of rotatable bonds is 2. The molecule has 0 atom stereocenters. The quantitative estimate of drug-likeness (QED) is 0.679. The van der Waals surface area contributed by atoms with Gasteiger partial charge in [-0.15, -0.1) is 0 Å². The van der Waals surface area contributed by atoms with Gasteiger partial charge in [0, 0.05) is 30.8 Å². The van der Waals surface area contributed by atoms with Gasteiger partial charge in [-0.05, 0) is 30.7 Å². The lowest BCUT2D eigenvalue weighted by Crippen LogP contribution is -1.99. The van der Waals surface area contributed by atoms with E-state index in [9.17, 15) is 0 Å². The maximum Gasteiger partial charge on any atom is 0.0488 e.